The second-order valence-corrected chi connectivity index (χ2v) is 5.81. The highest BCUT2D eigenvalue weighted by Gasteiger charge is 2.53. The molecule has 2 atom stereocenters. The van der Waals surface area contributed by atoms with Gasteiger partial charge in [0.15, 0.2) is 0 Å². The molecule has 0 spiro atoms. The van der Waals surface area contributed by atoms with Gasteiger partial charge in [-0.05, 0) is 19.3 Å². The molecular formula is C13H19F3N4O3. The number of likely N-dealkylation sites (tertiary alicyclic amines) is 1. The van der Waals surface area contributed by atoms with E-state index in [-0.39, 0.29) is 25.4 Å². The van der Waals surface area contributed by atoms with Crippen molar-refractivity contribution in [2.24, 2.45) is 11.2 Å². The topological polar surface area (TPSA) is 86.0 Å². The summed E-state index contributed by atoms with van der Waals surface area (Å²) < 4.78 is 41.8. The van der Waals surface area contributed by atoms with Gasteiger partial charge < -0.3 is 4.74 Å². The smallest absolute Gasteiger partial charge is 0.423 e. The third kappa shape index (κ3) is 4.31. The van der Waals surface area contributed by atoms with Gasteiger partial charge in [-0.15, -0.1) is 4.91 Å². The molecule has 0 radical (unpaired) electrons. The van der Waals surface area contributed by atoms with E-state index >= 15 is 0 Å². The van der Waals surface area contributed by atoms with Crippen LogP contribution >= 0.6 is 0 Å². The quantitative estimate of drug-likeness (QED) is 0.420. The van der Waals surface area contributed by atoms with Gasteiger partial charge in [0, 0.05) is 19.5 Å². The maximum absolute atomic E-state index is 12.5. The molecule has 1 heterocycles. The highest BCUT2D eigenvalue weighted by Crippen LogP contribution is 2.35. The Bertz CT molecular complexity index is 492. The van der Waals surface area contributed by atoms with Crippen LogP contribution in [0.3, 0.4) is 0 Å². The first-order valence-corrected chi connectivity index (χ1v) is 7.15. The molecule has 0 aromatic heterocycles. The van der Waals surface area contributed by atoms with Crippen LogP contribution < -0.4 is 0 Å². The van der Waals surface area contributed by atoms with Crippen LogP contribution in [0.4, 0.5) is 13.2 Å². The van der Waals surface area contributed by atoms with Crippen molar-refractivity contribution in [2.45, 2.75) is 51.7 Å². The average molecular weight is 336 g/mol. The number of halogens is 3. The second kappa shape index (κ2) is 7.12. The largest absolute Gasteiger partial charge is 0.491 e. The summed E-state index contributed by atoms with van der Waals surface area (Å²) in [5, 5.41) is 13.3. The van der Waals surface area contributed by atoms with Crippen LogP contribution in [0, 0.1) is 22.2 Å². The fourth-order valence-corrected chi connectivity index (χ4v) is 2.55. The number of hydrogen-bond donors (Lipinski definition) is 0. The van der Waals surface area contributed by atoms with Gasteiger partial charge in [0.2, 0.25) is 0 Å². The summed E-state index contributed by atoms with van der Waals surface area (Å²) in [6.45, 7) is 5.69. The molecule has 0 aliphatic carbocycles. The van der Waals surface area contributed by atoms with E-state index in [0.717, 1.165) is 5.01 Å². The van der Waals surface area contributed by atoms with Gasteiger partial charge in [0.25, 0.3) is 5.72 Å². The summed E-state index contributed by atoms with van der Waals surface area (Å²) >= 11 is 0. The first kappa shape index (κ1) is 19.2. The minimum Gasteiger partial charge on any atom is -0.423 e. The Morgan fingerprint density at radius 3 is 2.52 bits per heavy atom. The number of alkyl halides is 3. The maximum atomic E-state index is 12.5. The molecule has 7 nitrogen and oxygen atoms in total. The third-order valence-corrected chi connectivity index (χ3v) is 3.59. The molecular weight excluding hydrogens is 317 g/mol. The standard InChI is InChI=1S/C13H19F3N4O3/c1-9(2)7-20(18-22)10(3)19-6-4-5-12(19,8-17)23-11(21)13(14,15)16/h9-10H,4-7H2,1-3H3. The summed E-state index contributed by atoms with van der Waals surface area (Å²) in [5.41, 5.74) is -2.05. The molecule has 1 aliphatic heterocycles. The van der Waals surface area contributed by atoms with Gasteiger partial charge in [-0.2, -0.15) is 18.4 Å². The molecule has 0 aromatic carbocycles. The molecule has 1 aliphatic rings. The average Bonchev–Trinajstić information content (AvgIpc) is 2.86. The zero-order chi connectivity index (χ0) is 17.8. The van der Waals surface area contributed by atoms with E-state index in [2.05, 4.69) is 10.0 Å². The predicted octanol–water partition coefficient (Wildman–Crippen LogP) is 2.39. The summed E-state index contributed by atoms with van der Waals surface area (Å²) in [4.78, 5) is 23.4. The molecule has 0 N–H and O–H groups in total. The lowest BCUT2D eigenvalue weighted by molar-refractivity contribution is -0.224. The number of carbonyl (C=O) groups is 1. The predicted molar refractivity (Wildman–Crippen MR) is 73.2 cm³/mol. The zero-order valence-electron chi connectivity index (χ0n) is 13.1. The van der Waals surface area contributed by atoms with Crippen LogP contribution in [0.15, 0.2) is 5.29 Å². The van der Waals surface area contributed by atoms with Gasteiger partial charge in [-0.1, -0.05) is 13.8 Å². The van der Waals surface area contributed by atoms with Gasteiger partial charge in [0.1, 0.15) is 12.2 Å². The molecule has 0 aromatic rings. The molecule has 1 fully saturated rings. The number of carbonyl (C=O) groups excluding carboxylic acids is 1. The second-order valence-electron chi connectivity index (χ2n) is 5.81. The van der Waals surface area contributed by atoms with Crippen LogP contribution in [-0.2, 0) is 9.53 Å². The Kier molecular flexibility index (Phi) is 5.93. The van der Waals surface area contributed by atoms with Crippen LogP contribution in [-0.4, -0.2) is 47.0 Å². The molecule has 130 valence electrons. The summed E-state index contributed by atoms with van der Waals surface area (Å²) in [7, 11) is 0. The summed E-state index contributed by atoms with van der Waals surface area (Å²) in [6.07, 6.45) is -5.68. The Morgan fingerprint density at radius 2 is 2.09 bits per heavy atom. The number of nitriles is 1. The van der Waals surface area contributed by atoms with Crippen molar-refractivity contribution in [1.29, 1.82) is 5.26 Å². The lowest BCUT2D eigenvalue weighted by Gasteiger charge is -2.39. The molecule has 2 unspecified atom stereocenters. The number of hydrogen-bond acceptors (Lipinski definition) is 6. The number of nitroso groups, excluding NO2 is 1. The molecule has 10 heteroatoms. The van der Waals surface area contributed by atoms with Crippen LogP contribution in [0.1, 0.15) is 33.6 Å². The van der Waals surface area contributed by atoms with Crippen molar-refractivity contribution in [3.05, 3.63) is 4.91 Å². The number of rotatable bonds is 6. The molecule has 1 rings (SSSR count). The highest BCUT2D eigenvalue weighted by molar-refractivity contribution is 5.76. The summed E-state index contributed by atoms with van der Waals surface area (Å²) in [5.74, 6) is -2.35. The van der Waals surface area contributed by atoms with Crippen LogP contribution in [0.2, 0.25) is 0 Å². The molecule has 23 heavy (non-hydrogen) atoms. The third-order valence-electron chi connectivity index (χ3n) is 3.59. The van der Waals surface area contributed by atoms with E-state index in [4.69, 9.17) is 0 Å². The van der Waals surface area contributed by atoms with Crippen molar-refractivity contribution < 1.29 is 22.7 Å². The first-order valence-electron chi connectivity index (χ1n) is 7.15. The van der Waals surface area contributed by atoms with E-state index in [1.807, 2.05) is 13.8 Å². The Balaban J connectivity index is 3.02. The Morgan fingerprint density at radius 1 is 1.48 bits per heavy atom. The first-order chi connectivity index (χ1) is 10.6. The van der Waals surface area contributed by atoms with Crippen LogP contribution in [0.25, 0.3) is 0 Å². The van der Waals surface area contributed by atoms with Gasteiger partial charge in [-0.3, -0.25) is 0 Å². The van der Waals surface area contributed by atoms with E-state index in [9.17, 15) is 28.1 Å². The number of esters is 1. The molecule has 0 saturated carbocycles. The Labute approximate surface area is 131 Å². The normalized spacial score (nSPS) is 23.4. The summed E-state index contributed by atoms with van der Waals surface area (Å²) in [6, 6.07) is 1.66. The lowest BCUT2D eigenvalue weighted by atomic mass is 10.1. The number of ether oxygens (including phenoxy) is 1. The van der Waals surface area contributed by atoms with Gasteiger partial charge >= 0.3 is 12.1 Å². The zero-order valence-corrected chi connectivity index (χ0v) is 13.1. The maximum Gasteiger partial charge on any atom is 0.491 e. The fourth-order valence-electron chi connectivity index (χ4n) is 2.55. The van der Waals surface area contributed by atoms with E-state index in [0.29, 0.717) is 6.42 Å². The van der Waals surface area contributed by atoms with Gasteiger partial charge in [-0.25, -0.2) is 14.7 Å². The van der Waals surface area contributed by atoms with E-state index < -0.39 is 24.0 Å². The van der Waals surface area contributed by atoms with Crippen LogP contribution in [0.5, 0.6) is 0 Å². The van der Waals surface area contributed by atoms with Crippen molar-refractivity contribution in [3.63, 3.8) is 0 Å². The highest BCUT2D eigenvalue weighted by atomic mass is 19.4. The van der Waals surface area contributed by atoms with Crippen molar-refractivity contribution in [1.82, 2.24) is 9.91 Å². The minimum absolute atomic E-state index is 0.0654. The molecule has 0 bridgehead atoms. The van der Waals surface area contributed by atoms with Crippen molar-refractivity contribution in [3.8, 4) is 6.07 Å². The minimum atomic E-state index is -5.19. The monoisotopic (exact) mass is 336 g/mol. The fraction of sp³-hybridized carbons (Fsp3) is 0.846. The SMILES string of the molecule is CC(C)CN(N=O)C(C)N1CCCC1(C#N)OC(=O)C(F)(F)F. The lowest BCUT2D eigenvalue weighted by Crippen LogP contribution is -2.56. The Hall–Kier alpha value is -1.89. The number of nitrogens with zero attached hydrogens (tertiary/aromatic N) is 4. The molecule has 1 saturated heterocycles. The van der Waals surface area contributed by atoms with Crippen molar-refractivity contribution in [2.75, 3.05) is 13.1 Å². The van der Waals surface area contributed by atoms with Gasteiger partial charge in [0.05, 0.1) is 5.29 Å². The van der Waals surface area contributed by atoms with Crippen molar-refractivity contribution >= 4 is 5.97 Å². The van der Waals surface area contributed by atoms with E-state index in [1.165, 1.54) is 11.8 Å². The van der Waals surface area contributed by atoms with E-state index in [1.54, 1.807) is 6.07 Å². The molecule has 0 amide bonds.